The van der Waals surface area contributed by atoms with E-state index in [1.165, 1.54) is 6.08 Å². The molecule has 0 heterocycles. The zero-order valence-electron chi connectivity index (χ0n) is 10.5. The van der Waals surface area contributed by atoms with Gasteiger partial charge in [0.1, 0.15) is 0 Å². The number of esters is 1. The summed E-state index contributed by atoms with van der Waals surface area (Å²) in [6, 6.07) is 7.30. The van der Waals surface area contributed by atoms with Gasteiger partial charge < -0.3 is 15.8 Å². The van der Waals surface area contributed by atoms with Crippen LogP contribution in [0.3, 0.4) is 0 Å². The molecule has 3 N–H and O–H groups in total. The number of carbonyl (C=O) groups excluding carboxylic acids is 3. The van der Waals surface area contributed by atoms with Gasteiger partial charge in [-0.2, -0.15) is 0 Å². The van der Waals surface area contributed by atoms with Crippen LogP contribution in [0.4, 0.5) is 0 Å². The zero-order chi connectivity index (χ0) is 15.0. The average molecular weight is 341 g/mol. The second-order valence-corrected chi connectivity index (χ2v) is 4.65. The van der Waals surface area contributed by atoms with E-state index in [4.69, 9.17) is 5.73 Å². The lowest BCUT2D eigenvalue weighted by Gasteiger charge is -2.02. The van der Waals surface area contributed by atoms with E-state index in [1.807, 2.05) is 24.3 Å². The van der Waals surface area contributed by atoms with Gasteiger partial charge in [-0.05, 0) is 23.8 Å². The molecule has 1 aromatic rings. The molecule has 0 unspecified atom stereocenters. The third-order valence-electron chi connectivity index (χ3n) is 2.09. The second kappa shape index (κ2) is 8.11. The molecule has 1 aromatic carbocycles. The predicted molar refractivity (Wildman–Crippen MR) is 76.3 cm³/mol. The minimum Gasteiger partial charge on any atom is -0.452 e. The average Bonchev–Trinajstić information content (AvgIpc) is 2.42. The van der Waals surface area contributed by atoms with Crippen LogP contribution in [-0.4, -0.2) is 30.9 Å². The van der Waals surface area contributed by atoms with Crippen LogP contribution in [0.25, 0.3) is 6.08 Å². The lowest BCUT2D eigenvalue weighted by atomic mass is 10.2. The van der Waals surface area contributed by atoms with E-state index in [2.05, 4.69) is 26.0 Å². The van der Waals surface area contributed by atoms with Crippen molar-refractivity contribution in [2.75, 3.05) is 13.2 Å². The highest BCUT2D eigenvalue weighted by atomic mass is 79.9. The van der Waals surface area contributed by atoms with E-state index in [1.54, 1.807) is 6.08 Å². The van der Waals surface area contributed by atoms with Crippen molar-refractivity contribution in [2.24, 2.45) is 5.73 Å². The predicted octanol–water partition coefficient (Wildman–Crippen LogP) is 0.607. The molecule has 0 aromatic heterocycles. The molecule has 0 aliphatic heterocycles. The molecular formula is C13H13BrN2O4. The highest BCUT2D eigenvalue weighted by Crippen LogP contribution is 2.11. The molecule has 0 fully saturated rings. The SMILES string of the molecule is NC(=O)CNC(=O)COC(=O)/C=C/c1ccc(Br)cc1. The van der Waals surface area contributed by atoms with Crippen molar-refractivity contribution in [1.29, 1.82) is 0 Å². The first-order valence-corrected chi connectivity index (χ1v) is 6.42. The summed E-state index contributed by atoms with van der Waals surface area (Å²) in [7, 11) is 0. The molecule has 0 atom stereocenters. The van der Waals surface area contributed by atoms with E-state index in [0.717, 1.165) is 10.0 Å². The molecular weight excluding hydrogens is 328 g/mol. The summed E-state index contributed by atoms with van der Waals surface area (Å²) in [4.78, 5) is 32.9. The Balaban J connectivity index is 2.34. The number of nitrogens with one attached hydrogen (secondary N) is 1. The lowest BCUT2D eigenvalue weighted by Crippen LogP contribution is -2.35. The van der Waals surface area contributed by atoms with Crippen LogP contribution >= 0.6 is 15.9 Å². The van der Waals surface area contributed by atoms with E-state index >= 15 is 0 Å². The molecule has 6 nitrogen and oxygen atoms in total. The molecule has 0 saturated carbocycles. The number of hydrogen-bond donors (Lipinski definition) is 2. The van der Waals surface area contributed by atoms with Crippen LogP contribution < -0.4 is 11.1 Å². The molecule has 0 radical (unpaired) electrons. The number of nitrogens with two attached hydrogens (primary N) is 1. The maximum absolute atomic E-state index is 11.3. The third-order valence-corrected chi connectivity index (χ3v) is 2.62. The number of hydrogen-bond acceptors (Lipinski definition) is 4. The van der Waals surface area contributed by atoms with Gasteiger partial charge in [0.05, 0.1) is 6.54 Å². The Labute approximate surface area is 124 Å². The summed E-state index contributed by atoms with van der Waals surface area (Å²) in [6.07, 6.45) is 2.78. The van der Waals surface area contributed by atoms with Crippen LogP contribution in [0.1, 0.15) is 5.56 Å². The minimum atomic E-state index is -0.667. The Morgan fingerprint density at radius 2 is 1.90 bits per heavy atom. The Kier molecular flexibility index (Phi) is 6.45. The van der Waals surface area contributed by atoms with Crippen LogP contribution in [0.15, 0.2) is 34.8 Å². The quantitative estimate of drug-likeness (QED) is 0.585. The van der Waals surface area contributed by atoms with Crippen molar-refractivity contribution in [3.8, 4) is 0 Å². The summed E-state index contributed by atoms with van der Waals surface area (Å²) in [5, 5.41) is 2.20. The number of carbonyl (C=O) groups is 3. The Morgan fingerprint density at radius 1 is 1.25 bits per heavy atom. The molecule has 20 heavy (non-hydrogen) atoms. The normalized spacial score (nSPS) is 10.2. The molecule has 7 heteroatoms. The van der Waals surface area contributed by atoms with Crippen LogP contribution in [0, 0.1) is 0 Å². The second-order valence-electron chi connectivity index (χ2n) is 3.74. The fraction of sp³-hybridized carbons (Fsp3) is 0.154. The number of amides is 2. The van der Waals surface area contributed by atoms with E-state index in [9.17, 15) is 14.4 Å². The monoisotopic (exact) mass is 340 g/mol. The molecule has 0 bridgehead atoms. The first-order valence-electron chi connectivity index (χ1n) is 5.63. The van der Waals surface area contributed by atoms with Crippen molar-refractivity contribution in [1.82, 2.24) is 5.32 Å². The Morgan fingerprint density at radius 3 is 2.50 bits per heavy atom. The van der Waals surface area contributed by atoms with Gasteiger partial charge in [0.15, 0.2) is 6.61 Å². The fourth-order valence-electron chi connectivity index (χ4n) is 1.16. The smallest absolute Gasteiger partial charge is 0.331 e. The number of primary amides is 1. The summed E-state index contributed by atoms with van der Waals surface area (Å²) < 4.78 is 5.62. The van der Waals surface area contributed by atoms with Gasteiger partial charge in [0, 0.05) is 10.5 Å². The van der Waals surface area contributed by atoms with E-state index in [-0.39, 0.29) is 6.54 Å². The standard InChI is InChI=1S/C13H13BrN2O4/c14-10-4-1-9(2-5-10)3-6-13(19)20-8-12(18)16-7-11(15)17/h1-6H,7-8H2,(H2,15,17)(H,16,18)/b6-3+. The maximum Gasteiger partial charge on any atom is 0.331 e. The topological polar surface area (TPSA) is 98.5 Å². The van der Waals surface area contributed by atoms with Gasteiger partial charge >= 0.3 is 5.97 Å². The Bertz CT molecular complexity index is 526. The Hall–Kier alpha value is -2.15. The van der Waals surface area contributed by atoms with Gasteiger partial charge in [-0.15, -0.1) is 0 Å². The minimum absolute atomic E-state index is 0.287. The number of halogens is 1. The summed E-state index contributed by atoms with van der Waals surface area (Å²) in [6.45, 7) is -0.748. The fourth-order valence-corrected chi connectivity index (χ4v) is 1.42. The van der Waals surface area contributed by atoms with Gasteiger partial charge in [0.25, 0.3) is 5.91 Å². The number of benzene rings is 1. The molecule has 0 aliphatic carbocycles. The van der Waals surface area contributed by atoms with E-state index < -0.39 is 24.4 Å². The zero-order valence-corrected chi connectivity index (χ0v) is 12.1. The number of ether oxygens (including phenoxy) is 1. The van der Waals surface area contributed by atoms with Gasteiger partial charge in [0.2, 0.25) is 5.91 Å². The summed E-state index contributed by atoms with van der Waals surface area (Å²) >= 11 is 3.30. The largest absolute Gasteiger partial charge is 0.452 e. The maximum atomic E-state index is 11.3. The molecule has 0 saturated heterocycles. The van der Waals surface area contributed by atoms with Gasteiger partial charge in [-0.1, -0.05) is 28.1 Å². The van der Waals surface area contributed by atoms with Crippen molar-refractivity contribution in [2.45, 2.75) is 0 Å². The van der Waals surface area contributed by atoms with Crippen LogP contribution in [0.5, 0.6) is 0 Å². The van der Waals surface area contributed by atoms with Crippen molar-refractivity contribution in [3.05, 3.63) is 40.4 Å². The highest BCUT2D eigenvalue weighted by Gasteiger charge is 2.05. The van der Waals surface area contributed by atoms with Crippen molar-refractivity contribution in [3.63, 3.8) is 0 Å². The lowest BCUT2D eigenvalue weighted by molar-refractivity contribution is -0.143. The van der Waals surface area contributed by atoms with Gasteiger partial charge in [-0.25, -0.2) is 4.79 Å². The first-order chi connectivity index (χ1) is 9.47. The third kappa shape index (κ3) is 6.69. The van der Waals surface area contributed by atoms with Crippen molar-refractivity contribution >= 4 is 39.8 Å². The highest BCUT2D eigenvalue weighted by molar-refractivity contribution is 9.10. The first kappa shape index (κ1) is 15.9. The summed E-state index contributed by atoms with van der Waals surface area (Å²) in [5.41, 5.74) is 5.67. The van der Waals surface area contributed by atoms with Crippen LogP contribution in [0.2, 0.25) is 0 Å². The summed E-state index contributed by atoms with van der Waals surface area (Å²) in [5.74, 6) is -1.91. The molecule has 0 aliphatic rings. The van der Waals surface area contributed by atoms with Gasteiger partial charge in [-0.3, -0.25) is 9.59 Å². The van der Waals surface area contributed by atoms with E-state index in [0.29, 0.717) is 0 Å². The van der Waals surface area contributed by atoms with Crippen LogP contribution in [-0.2, 0) is 19.1 Å². The van der Waals surface area contributed by atoms with Crippen molar-refractivity contribution < 1.29 is 19.1 Å². The number of rotatable bonds is 6. The molecule has 1 rings (SSSR count). The molecule has 2 amide bonds. The molecule has 0 spiro atoms. The molecule has 106 valence electrons.